The normalized spacial score (nSPS) is 17.8. The summed E-state index contributed by atoms with van der Waals surface area (Å²) in [4.78, 5) is 5.35. The van der Waals surface area contributed by atoms with Crippen LogP contribution < -0.4 is 5.32 Å². The Labute approximate surface area is 108 Å². The highest BCUT2D eigenvalue weighted by atomic mass is 32.1. The molecule has 1 aliphatic rings. The van der Waals surface area contributed by atoms with Gasteiger partial charge in [-0.3, -0.25) is 4.90 Å². The largest absolute Gasteiger partial charge is 0.381 e. The molecule has 0 bridgehead atoms. The maximum absolute atomic E-state index is 5.40. The number of rotatable bonds is 5. The molecule has 17 heavy (non-hydrogen) atoms. The molecular formula is C13H22N2OS. The Hall–Kier alpha value is -0.420. The first-order chi connectivity index (χ1) is 8.29. The van der Waals surface area contributed by atoms with E-state index in [2.05, 4.69) is 29.4 Å². The fraction of sp³-hybridized carbons (Fsp3) is 0.692. The van der Waals surface area contributed by atoms with E-state index in [1.54, 1.807) is 0 Å². The second-order valence-electron chi connectivity index (χ2n) is 4.66. The lowest BCUT2D eigenvalue weighted by Gasteiger charge is -2.30. The van der Waals surface area contributed by atoms with Crippen molar-refractivity contribution in [2.45, 2.75) is 32.0 Å². The van der Waals surface area contributed by atoms with Crippen LogP contribution in [0.5, 0.6) is 0 Å². The molecule has 0 aliphatic carbocycles. The molecule has 2 rings (SSSR count). The lowest BCUT2D eigenvalue weighted by molar-refractivity contribution is 0.0410. The highest BCUT2D eigenvalue weighted by Gasteiger charge is 2.18. The van der Waals surface area contributed by atoms with Crippen molar-refractivity contribution in [2.24, 2.45) is 0 Å². The van der Waals surface area contributed by atoms with Crippen LogP contribution in [0.15, 0.2) is 12.1 Å². The number of nitrogens with zero attached hydrogens (tertiary/aromatic N) is 1. The second kappa shape index (κ2) is 6.50. The van der Waals surface area contributed by atoms with E-state index < -0.39 is 0 Å². The van der Waals surface area contributed by atoms with Crippen molar-refractivity contribution in [2.75, 3.05) is 27.3 Å². The second-order valence-corrected chi connectivity index (χ2v) is 5.91. The molecule has 96 valence electrons. The summed E-state index contributed by atoms with van der Waals surface area (Å²) in [5.41, 5.74) is 0. The van der Waals surface area contributed by atoms with Crippen molar-refractivity contribution in [1.29, 1.82) is 0 Å². The highest BCUT2D eigenvalue weighted by Crippen LogP contribution is 2.21. The highest BCUT2D eigenvalue weighted by molar-refractivity contribution is 7.11. The Kier molecular flexibility index (Phi) is 4.98. The van der Waals surface area contributed by atoms with Gasteiger partial charge in [-0.1, -0.05) is 0 Å². The van der Waals surface area contributed by atoms with E-state index in [4.69, 9.17) is 4.74 Å². The first-order valence-corrected chi connectivity index (χ1v) is 7.11. The van der Waals surface area contributed by atoms with E-state index in [-0.39, 0.29) is 0 Å². The van der Waals surface area contributed by atoms with Crippen LogP contribution in [0.2, 0.25) is 0 Å². The molecule has 4 heteroatoms. The molecule has 1 N–H and O–H groups in total. The van der Waals surface area contributed by atoms with E-state index in [0.29, 0.717) is 6.04 Å². The molecule has 0 aromatic carbocycles. The van der Waals surface area contributed by atoms with Crippen molar-refractivity contribution >= 4 is 11.3 Å². The van der Waals surface area contributed by atoms with E-state index in [1.807, 2.05) is 18.4 Å². The van der Waals surface area contributed by atoms with E-state index >= 15 is 0 Å². The SMILES string of the molecule is CNCc1ccc(CN(C)C2CCOCC2)s1. The molecule has 1 fully saturated rings. The summed E-state index contributed by atoms with van der Waals surface area (Å²) < 4.78 is 5.40. The number of thiophene rings is 1. The molecule has 1 aliphatic heterocycles. The molecule has 1 aromatic heterocycles. The minimum absolute atomic E-state index is 0.693. The third-order valence-corrected chi connectivity index (χ3v) is 4.36. The number of nitrogens with one attached hydrogen (secondary N) is 1. The standard InChI is InChI=1S/C13H22N2OS/c1-14-9-12-3-4-13(17-12)10-15(2)11-5-7-16-8-6-11/h3-4,11,14H,5-10H2,1-2H3. The Balaban J connectivity index is 1.85. The summed E-state index contributed by atoms with van der Waals surface area (Å²) >= 11 is 1.91. The fourth-order valence-corrected chi connectivity index (χ4v) is 3.37. The van der Waals surface area contributed by atoms with Crippen molar-refractivity contribution in [3.8, 4) is 0 Å². The van der Waals surface area contributed by atoms with Crippen LogP contribution >= 0.6 is 11.3 Å². The topological polar surface area (TPSA) is 24.5 Å². The Morgan fingerprint density at radius 1 is 1.35 bits per heavy atom. The maximum Gasteiger partial charge on any atom is 0.0480 e. The Bertz CT molecular complexity index is 334. The molecule has 0 radical (unpaired) electrons. The van der Waals surface area contributed by atoms with Crippen molar-refractivity contribution < 1.29 is 4.74 Å². The van der Waals surface area contributed by atoms with Gasteiger partial charge in [0.25, 0.3) is 0 Å². The van der Waals surface area contributed by atoms with Gasteiger partial charge in [-0.25, -0.2) is 0 Å². The van der Waals surface area contributed by atoms with E-state index in [9.17, 15) is 0 Å². The first-order valence-electron chi connectivity index (χ1n) is 6.30. The molecule has 0 unspecified atom stereocenters. The van der Waals surface area contributed by atoms with Crippen LogP contribution in [-0.4, -0.2) is 38.3 Å². The Morgan fingerprint density at radius 3 is 2.76 bits per heavy atom. The molecular weight excluding hydrogens is 232 g/mol. The molecule has 2 heterocycles. The van der Waals surface area contributed by atoms with Gasteiger partial charge in [0.05, 0.1) is 0 Å². The average molecular weight is 254 g/mol. The maximum atomic E-state index is 5.40. The molecule has 0 saturated carbocycles. The van der Waals surface area contributed by atoms with Crippen LogP contribution in [0.4, 0.5) is 0 Å². The quantitative estimate of drug-likeness (QED) is 0.870. The number of ether oxygens (including phenoxy) is 1. The molecule has 0 amide bonds. The van der Waals surface area contributed by atoms with Crippen molar-refractivity contribution in [3.63, 3.8) is 0 Å². The minimum Gasteiger partial charge on any atom is -0.381 e. The van der Waals surface area contributed by atoms with Gasteiger partial charge < -0.3 is 10.1 Å². The monoisotopic (exact) mass is 254 g/mol. The summed E-state index contributed by atoms with van der Waals surface area (Å²) in [6, 6.07) is 5.18. The van der Waals surface area contributed by atoms with Crippen LogP contribution in [0.25, 0.3) is 0 Å². The summed E-state index contributed by atoms with van der Waals surface area (Å²) in [5.74, 6) is 0. The zero-order valence-electron chi connectivity index (χ0n) is 10.7. The predicted molar refractivity (Wildman–Crippen MR) is 72.4 cm³/mol. The minimum atomic E-state index is 0.693. The van der Waals surface area contributed by atoms with Gasteiger partial charge in [-0.2, -0.15) is 0 Å². The van der Waals surface area contributed by atoms with Gasteiger partial charge in [0.1, 0.15) is 0 Å². The van der Waals surface area contributed by atoms with E-state index in [0.717, 1.165) is 26.3 Å². The summed E-state index contributed by atoms with van der Waals surface area (Å²) in [6.07, 6.45) is 2.34. The number of hydrogen-bond acceptors (Lipinski definition) is 4. The Morgan fingerprint density at radius 2 is 2.06 bits per heavy atom. The predicted octanol–water partition coefficient (Wildman–Crippen LogP) is 2.08. The molecule has 1 saturated heterocycles. The zero-order chi connectivity index (χ0) is 12.1. The fourth-order valence-electron chi connectivity index (χ4n) is 2.28. The summed E-state index contributed by atoms with van der Waals surface area (Å²) in [5, 5.41) is 3.19. The summed E-state index contributed by atoms with van der Waals surface area (Å²) in [7, 11) is 4.22. The third-order valence-electron chi connectivity index (χ3n) is 3.29. The van der Waals surface area contributed by atoms with Gasteiger partial charge >= 0.3 is 0 Å². The van der Waals surface area contributed by atoms with Gasteiger partial charge in [-0.05, 0) is 39.1 Å². The van der Waals surface area contributed by atoms with Crippen molar-refractivity contribution in [3.05, 3.63) is 21.9 Å². The van der Waals surface area contributed by atoms with Gasteiger partial charge in [0.2, 0.25) is 0 Å². The molecule has 3 nitrogen and oxygen atoms in total. The third kappa shape index (κ3) is 3.78. The van der Waals surface area contributed by atoms with Crippen LogP contribution in [0, 0.1) is 0 Å². The smallest absolute Gasteiger partial charge is 0.0480 e. The zero-order valence-corrected chi connectivity index (χ0v) is 11.6. The molecule has 0 atom stereocenters. The first kappa shape index (κ1) is 13.0. The molecule has 1 aromatic rings. The van der Waals surface area contributed by atoms with Crippen LogP contribution in [0.3, 0.4) is 0 Å². The molecule has 0 spiro atoms. The van der Waals surface area contributed by atoms with Gasteiger partial charge in [0.15, 0.2) is 0 Å². The van der Waals surface area contributed by atoms with Crippen molar-refractivity contribution in [1.82, 2.24) is 10.2 Å². The van der Waals surface area contributed by atoms with E-state index in [1.165, 1.54) is 22.6 Å². The van der Waals surface area contributed by atoms with Crippen LogP contribution in [0.1, 0.15) is 22.6 Å². The number of hydrogen-bond donors (Lipinski definition) is 1. The van der Waals surface area contributed by atoms with Crippen LogP contribution in [-0.2, 0) is 17.8 Å². The van der Waals surface area contributed by atoms with Gasteiger partial charge in [0, 0.05) is 42.1 Å². The average Bonchev–Trinajstić information content (AvgIpc) is 2.78. The lowest BCUT2D eigenvalue weighted by Crippen LogP contribution is -2.35. The summed E-state index contributed by atoms with van der Waals surface area (Å²) in [6.45, 7) is 3.89. The van der Waals surface area contributed by atoms with Gasteiger partial charge in [-0.15, -0.1) is 11.3 Å². The lowest BCUT2D eigenvalue weighted by atomic mass is 10.1.